The van der Waals surface area contributed by atoms with Gasteiger partial charge in [0.15, 0.2) is 0 Å². The third kappa shape index (κ3) is 4.68. The van der Waals surface area contributed by atoms with Gasteiger partial charge < -0.3 is 10.6 Å². The molecule has 0 aliphatic rings. The summed E-state index contributed by atoms with van der Waals surface area (Å²) in [5.41, 5.74) is 9.14. The first-order valence-electron chi connectivity index (χ1n) is 9.31. The van der Waals surface area contributed by atoms with Crippen LogP contribution in [0.15, 0.2) is 54.6 Å². The summed E-state index contributed by atoms with van der Waals surface area (Å²) in [6.45, 7) is 3.91. The summed E-state index contributed by atoms with van der Waals surface area (Å²) in [5.74, 6) is -1.11. The number of nitrogens with zero attached hydrogens (tertiary/aromatic N) is 3. The Bertz CT molecular complexity index is 1010. The van der Waals surface area contributed by atoms with Gasteiger partial charge in [0.1, 0.15) is 5.82 Å². The second-order valence-corrected chi connectivity index (χ2v) is 6.81. The number of aromatic nitrogens is 2. The van der Waals surface area contributed by atoms with E-state index in [-0.39, 0.29) is 25.3 Å². The van der Waals surface area contributed by atoms with Crippen molar-refractivity contribution in [1.82, 2.24) is 9.78 Å². The number of nitrogens with two attached hydrogens (primary N) is 1. The van der Waals surface area contributed by atoms with Crippen molar-refractivity contribution in [3.05, 3.63) is 77.4 Å². The number of amides is 2. The number of primary amides is 1. The Hall–Kier alpha value is -3.48. The van der Waals surface area contributed by atoms with E-state index in [9.17, 15) is 14.0 Å². The number of aryl methyl sites for hydroxylation is 1. The summed E-state index contributed by atoms with van der Waals surface area (Å²) in [4.78, 5) is 25.8. The van der Waals surface area contributed by atoms with E-state index in [0.29, 0.717) is 5.69 Å². The molecule has 6 nitrogen and oxygen atoms in total. The first-order chi connectivity index (χ1) is 13.9. The molecule has 0 saturated heterocycles. The number of para-hydroxylation sites is 1. The highest BCUT2D eigenvalue weighted by Gasteiger charge is 2.21. The van der Waals surface area contributed by atoms with Gasteiger partial charge in [0.25, 0.3) is 0 Å². The molecule has 3 aromatic rings. The van der Waals surface area contributed by atoms with Gasteiger partial charge in [0.2, 0.25) is 11.8 Å². The lowest BCUT2D eigenvalue weighted by molar-refractivity contribution is -0.118. The highest BCUT2D eigenvalue weighted by atomic mass is 19.1. The number of anilines is 1. The van der Waals surface area contributed by atoms with Crippen LogP contribution in [0.4, 0.5) is 10.1 Å². The number of halogens is 1. The first kappa shape index (κ1) is 20.3. The Labute approximate surface area is 168 Å². The van der Waals surface area contributed by atoms with E-state index >= 15 is 0 Å². The molecule has 0 aliphatic heterocycles. The van der Waals surface area contributed by atoms with E-state index in [0.717, 1.165) is 22.6 Å². The fraction of sp³-hybridized carbons (Fsp3) is 0.227. The van der Waals surface area contributed by atoms with Gasteiger partial charge in [-0.1, -0.05) is 18.2 Å². The SMILES string of the molecule is Cc1nn(-c2ccccc2)c(C)c1CC(=O)N(CCC(N)=O)c1ccc(F)cc1. The molecular weight excluding hydrogens is 371 g/mol. The molecule has 0 aliphatic carbocycles. The van der Waals surface area contributed by atoms with E-state index in [1.165, 1.54) is 29.2 Å². The maximum Gasteiger partial charge on any atom is 0.231 e. The summed E-state index contributed by atoms with van der Waals surface area (Å²) < 4.78 is 15.1. The standard InChI is InChI=1S/C22H23FN4O2/c1-15-20(16(2)27(25-15)19-6-4-3-5-7-19)14-22(29)26(13-12-21(24)28)18-10-8-17(23)9-11-18/h3-11H,12-14H2,1-2H3,(H2,24,28). The Kier molecular flexibility index (Phi) is 6.07. The van der Waals surface area contributed by atoms with Crippen LogP contribution in [0, 0.1) is 19.7 Å². The Morgan fingerprint density at radius 2 is 1.72 bits per heavy atom. The van der Waals surface area contributed by atoms with Gasteiger partial charge in [-0.05, 0) is 50.2 Å². The molecule has 2 N–H and O–H groups in total. The maximum absolute atomic E-state index is 13.3. The Balaban J connectivity index is 1.88. The molecule has 2 aromatic carbocycles. The summed E-state index contributed by atoms with van der Waals surface area (Å²) >= 11 is 0. The molecule has 3 rings (SSSR count). The quantitative estimate of drug-likeness (QED) is 0.669. The van der Waals surface area contributed by atoms with Gasteiger partial charge in [0.05, 0.1) is 17.8 Å². The lowest BCUT2D eigenvalue weighted by atomic mass is 10.1. The molecule has 2 amide bonds. The predicted molar refractivity (Wildman–Crippen MR) is 109 cm³/mol. The smallest absolute Gasteiger partial charge is 0.231 e. The third-order valence-electron chi connectivity index (χ3n) is 4.79. The number of carbonyl (C=O) groups excluding carboxylic acids is 2. The lowest BCUT2D eigenvalue weighted by Gasteiger charge is -2.22. The molecule has 7 heteroatoms. The van der Waals surface area contributed by atoms with Crippen molar-refractivity contribution in [3.63, 3.8) is 0 Å². The fourth-order valence-electron chi connectivity index (χ4n) is 3.24. The highest BCUT2D eigenvalue weighted by molar-refractivity contribution is 5.95. The van der Waals surface area contributed by atoms with Gasteiger partial charge in [0, 0.05) is 29.9 Å². The topological polar surface area (TPSA) is 81.2 Å². The Morgan fingerprint density at radius 1 is 1.07 bits per heavy atom. The molecule has 0 radical (unpaired) electrons. The van der Waals surface area contributed by atoms with E-state index in [1.54, 1.807) is 0 Å². The van der Waals surface area contributed by atoms with Crippen LogP contribution in [0.5, 0.6) is 0 Å². The normalized spacial score (nSPS) is 10.7. The van der Waals surface area contributed by atoms with Gasteiger partial charge in [-0.15, -0.1) is 0 Å². The zero-order valence-electron chi connectivity index (χ0n) is 16.4. The molecule has 29 heavy (non-hydrogen) atoms. The first-order valence-corrected chi connectivity index (χ1v) is 9.31. The molecular formula is C22H23FN4O2. The highest BCUT2D eigenvalue weighted by Crippen LogP contribution is 2.21. The van der Waals surface area contributed by atoms with Crippen LogP contribution in [0.2, 0.25) is 0 Å². The van der Waals surface area contributed by atoms with E-state index < -0.39 is 11.7 Å². The fourth-order valence-corrected chi connectivity index (χ4v) is 3.24. The van der Waals surface area contributed by atoms with Gasteiger partial charge in [-0.2, -0.15) is 5.10 Å². The average Bonchev–Trinajstić information content (AvgIpc) is 2.98. The Morgan fingerprint density at radius 3 is 2.34 bits per heavy atom. The van der Waals surface area contributed by atoms with Crippen LogP contribution in [0.25, 0.3) is 5.69 Å². The minimum Gasteiger partial charge on any atom is -0.370 e. The molecule has 1 aromatic heterocycles. The van der Waals surface area contributed by atoms with Crippen molar-refractivity contribution in [2.24, 2.45) is 5.73 Å². The van der Waals surface area contributed by atoms with Crippen molar-refractivity contribution < 1.29 is 14.0 Å². The molecule has 0 unspecified atom stereocenters. The van der Waals surface area contributed by atoms with Crippen LogP contribution in [-0.4, -0.2) is 28.1 Å². The van der Waals surface area contributed by atoms with Crippen LogP contribution < -0.4 is 10.6 Å². The van der Waals surface area contributed by atoms with Crippen molar-refractivity contribution in [3.8, 4) is 5.69 Å². The number of benzene rings is 2. The minimum atomic E-state index is -0.505. The maximum atomic E-state index is 13.3. The van der Waals surface area contributed by atoms with Crippen molar-refractivity contribution in [2.45, 2.75) is 26.7 Å². The number of rotatable bonds is 7. The molecule has 0 spiro atoms. The van der Waals surface area contributed by atoms with Gasteiger partial charge in [-0.3, -0.25) is 9.59 Å². The van der Waals surface area contributed by atoms with Crippen LogP contribution >= 0.6 is 0 Å². The van der Waals surface area contributed by atoms with Crippen LogP contribution in [0.1, 0.15) is 23.4 Å². The van der Waals surface area contributed by atoms with Crippen molar-refractivity contribution in [2.75, 3.05) is 11.4 Å². The van der Waals surface area contributed by atoms with Crippen molar-refractivity contribution >= 4 is 17.5 Å². The lowest BCUT2D eigenvalue weighted by Crippen LogP contribution is -2.35. The largest absolute Gasteiger partial charge is 0.370 e. The number of carbonyl (C=O) groups is 2. The average molecular weight is 394 g/mol. The zero-order valence-corrected chi connectivity index (χ0v) is 16.4. The molecule has 1 heterocycles. The molecule has 150 valence electrons. The summed E-state index contributed by atoms with van der Waals surface area (Å²) in [6, 6.07) is 15.3. The summed E-state index contributed by atoms with van der Waals surface area (Å²) in [6.07, 6.45) is 0.130. The van der Waals surface area contributed by atoms with Gasteiger partial charge >= 0.3 is 0 Å². The van der Waals surface area contributed by atoms with Crippen LogP contribution in [-0.2, 0) is 16.0 Å². The molecule has 0 atom stereocenters. The van der Waals surface area contributed by atoms with Crippen molar-refractivity contribution in [1.29, 1.82) is 0 Å². The summed E-state index contributed by atoms with van der Waals surface area (Å²) in [5, 5.41) is 4.57. The molecule has 0 bridgehead atoms. The molecule has 0 fully saturated rings. The van der Waals surface area contributed by atoms with Crippen LogP contribution in [0.3, 0.4) is 0 Å². The number of hydrogen-bond acceptors (Lipinski definition) is 3. The second-order valence-electron chi connectivity index (χ2n) is 6.81. The summed E-state index contributed by atoms with van der Waals surface area (Å²) in [7, 11) is 0. The van der Waals surface area contributed by atoms with E-state index in [1.807, 2.05) is 48.9 Å². The van der Waals surface area contributed by atoms with E-state index in [4.69, 9.17) is 5.73 Å². The minimum absolute atomic E-state index is 0.0182. The number of hydrogen-bond donors (Lipinski definition) is 1. The third-order valence-corrected chi connectivity index (χ3v) is 4.79. The molecule has 0 saturated carbocycles. The second kappa shape index (κ2) is 8.68. The predicted octanol–water partition coefficient (Wildman–Crippen LogP) is 3.08. The monoisotopic (exact) mass is 394 g/mol. The van der Waals surface area contributed by atoms with E-state index in [2.05, 4.69) is 5.10 Å². The van der Waals surface area contributed by atoms with Gasteiger partial charge in [-0.25, -0.2) is 9.07 Å². The zero-order chi connectivity index (χ0) is 21.0.